The van der Waals surface area contributed by atoms with Crippen molar-refractivity contribution in [3.05, 3.63) is 46.6 Å². The van der Waals surface area contributed by atoms with Crippen LogP contribution in [0.25, 0.3) is 0 Å². The van der Waals surface area contributed by atoms with Crippen LogP contribution < -0.4 is 0 Å². The summed E-state index contributed by atoms with van der Waals surface area (Å²) in [4.78, 5) is 26.8. The van der Waals surface area contributed by atoms with Crippen LogP contribution in [0.1, 0.15) is 23.7 Å². The lowest BCUT2D eigenvalue weighted by Gasteiger charge is -2.05. The number of ketones is 1. The second-order valence-electron chi connectivity index (χ2n) is 4.18. The quantitative estimate of drug-likeness (QED) is 0.795. The summed E-state index contributed by atoms with van der Waals surface area (Å²) in [6, 6.07) is 6.55. The first kappa shape index (κ1) is 13.5. The van der Waals surface area contributed by atoms with Gasteiger partial charge in [0.15, 0.2) is 5.78 Å². The Morgan fingerprint density at radius 3 is 2.84 bits per heavy atom. The van der Waals surface area contributed by atoms with Crippen LogP contribution in [-0.2, 0) is 9.53 Å². The summed E-state index contributed by atoms with van der Waals surface area (Å²) < 4.78 is 5.14. The molecule has 1 aromatic rings. The minimum atomic E-state index is -0.445. The zero-order chi connectivity index (χ0) is 13.8. The summed E-state index contributed by atoms with van der Waals surface area (Å²) in [5, 5.41) is 0.483. The van der Waals surface area contributed by atoms with Gasteiger partial charge in [-0.05, 0) is 23.8 Å². The first-order valence-electron chi connectivity index (χ1n) is 5.74. The van der Waals surface area contributed by atoms with E-state index in [4.69, 9.17) is 16.3 Å². The summed E-state index contributed by atoms with van der Waals surface area (Å²) in [5.74, 6) is -0.507. The largest absolute Gasteiger partial charge is 0.457 e. The van der Waals surface area contributed by atoms with Crippen LogP contribution in [0.5, 0.6) is 0 Å². The number of halogens is 1. The molecule has 0 saturated carbocycles. The molecule has 0 aromatic heterocycles. The number of nitrogens with zero attached hydrogens (tertiary/aromatic N) is 1. The Bertz CT molecular complexity index is 590. The monoisotopic (exact) mass is 277 g/mol. The summed E-state index contributed by atoms with van der Waals surface area (Å²) in [7, 11) is 0. The number of carbonyl (C=O) groups is 2. The molecule has 2 rings (SSSR count). The molecule has 0 N–H and O–H groups in total. The van der Waals surface area contributed by atoms with Gasteiger partial charge in [-0.15, -0.1) is 0 Å². The molecule has 19 heavy (non-hydrogen) atoms. The number of ether oxygens (including phenoxy) is 1. The van der Waals surface area contributed by atoms with Crippen molar-refractivity contribution in [2.24, 2.45) is 4.99 Å². The van der Waals surface area contributed by atoms with Crippen molar-refractivity contribution >= 4 is 29.1 Å². The summed E-state index contributed by atoms with van der Waals surface area (Å²) in [5.41, 5.74) is 1.70. The lowest BCUT2D eigenvalue weighted by Crippen LogP contribution is -2.11. The highest BCUT2D eigenvalue weighted by Crippen LogP contribution is 2.15. The number of esters is 1. The Hall–Kier alpha value is -1.94. The molecule has 0 amide bonds. The van der Waals surface area contributed by atoms with Crippen molar-refractivity contribution in [2.75, 3.05) is 6.61 Å². The molecule has 1 heterocycles. The first-order chi connectivity index (χ1) is 9.06. The van der Waals surface area contributed by atoms with Crippen LogP contribution in [0.3, 0.4) is 0 Å². The van der Waals surface area contributed by atoms with Crippen molar-refractivity contribution in [2.45, 2.75) is 13.3 Å². The summed E-state index contributed by atoms with van der Waals surface area (Å²) >= 11 is 5.80. The van der Waals surface area contributed by atoms with E-state index in [1.807, 2.05) is 0 Å². The lowest BCUT2D eigenvalue weighted by atomic mass is 10.1. The van der Waals surface area contributed by atoms with E-state index >= 15 is 0 Å². The van der Waals surface area contributed by atoms with E-state index in [0.29, 0.717) is 22.7 Å². The fourth-order valence-corrected chi connectivity index (χ4v) is 1.83. The summed E-state index contributed by atoms with van der Waals surface area (Å²) in [6.07, 6.45) is 2.01. The van der Waals surface area contributed by atoms with Crippen LogP contribution in [-0.4, -0.2) is 24.1 Å². The van der Waals surface area contributed by atoms with Crippen LogP contribution >= 0.6 is 11.6 Å². The number of rotatable bonds is 4. The van der Waals surface area contributed by atoms with Gasteiger partial charge in [-0.25, -0.2) is 4.79 Å². The number of aliphatic imine (C=N–C) groups is 1. The molecule has 0 aliphatic carbocycles. The van der Waals surface area contributed by atoms with E-state index in [1.165, 1.54) is 6.92 Å². The molecule has 0 radical (unpaired) electrons. The van der Waals surface area contributed by atoms with Crippen LogP contribution in [0, 0.1) is 0 Å². The van der Waals surface area contributed by atoms with Gasteiger partial charge in [-0.1, -0.05) is 17.7 Å². The zero-order valence-electron chi connectivity index (χ0n) is 10.4. The second kappa shape index (κ2) is 5.80. The topological polar surface area (TPSA) is 55.7 Å². The number of hydrogen-bond acceptors (Lipinski definition) is 4. The first-order valence-corrected chi connectivity index (χ1v) is 6.12. The van der Waals surface area contributed by atoms with Gasteiger partial charge in [0, 0.05) is 24.6 Å². The Balaban J connectivity index is 1.88. The molecule has 4 nitrogen and oxygen atoms in total. The number of carbonyl (C=O) groups excluding carboxylic acids is 2. The standard InChI is InChI=1S/C14H12ClNO3/c1-9(17)13-5-10(7-16-13)8-19-14(18)11-3-2-4-12(15)6-11/h2-4,6-7H,5,8H2,1H3. The normalized spacial score (nSPS) is 13.8. The molecule has 0 saturated heterocycles. The Kier molecular flexibility index (Phi) is 4.12. The second-order valence-corrected chi connectivity index (χ2v) is 4.62. The van der Waals surface area contributed by atoms with Crippen molar-refractivity contribution in [3.63, 3.8) is 0 Å². The third kappa shape index (κ3) is 3.51. The van der Waals surface area contributed by atoms with Gasteiger partial charge >= 0.3 is 5.97 Å². The average Bonchev–Trinajstić information content (AvgIpc) is 2.85. The van der Waals surface area contributed by atoms with E-state index < -0.39 is 5.97 Å². The van der Waals surface area contributed by atoms with Crippen molar-refractivity contribution in [1.82, 2.24) is 0 Å². The highest BCUT2D eigenvalue weighted by Gasteiger charge is 2.16. The maximum atomic E-state index is 11.8. The van der Waals surface area contributed by atoms with E-state index in [1.54, 1.807) is 30.5 Å². The molecule has 0 atom stereocenters. The molecule has 0 bridgehead atoms. The minimum absolute atomic E-state index is 0.0626. The fraction of sp³-hybridized carbons (Fsp3) is 0.214. The zero-order valence-corrected chi connectivity index (χ0v) is 11.1. The van der Waals surface area contributed by atoms with Crippen LogP contribution in [0.15, 0.2) is 41.0 Å². The van der Waals surface area contributed by atoms with Crippen molar-refractivity contribution in [1.29, 1.82) is 0 Å². The summed E-state index contributed by atoms with van der Waals surface area (Å²) in [6.45, 7) is 1.60. The molecule has 98 valence electrons. The van der Waals surface area contributed by atoms with E-state index in [9.17, 15) is 9.59 Å². The molecule has 1 aliphatic heterocycles. The average molecular weight is 278 g/mol. The molecule has 0 fully saturated rings. The molecule has 0 unspecified atom stereocenters. The molecular formula is C14H12ClNO3. The smallest absolute Gasteiger partial charge is 0.338 e. The molecular weight excluding hydrogens is 266 g/mol. The van der Waals surface area contributed by atoms with E-state index in [2.05, 4.69) is 4.99 Å². The van der Waals surface area contributed by atoms with Gasteiger partial charge < -0.3 is 4.74 Å². The predicted molar refractivity (Wildman–Crippen MR) is 72.6 cm³/mol. The van der Waals surface area contributed by atoms with Crippen LogP contribution in [0.4, 0.5) is 0 Å². The highest BCUT2D eigenvalue weighted by molar-refractivity contribution is 6.40. The van der Waals surface area contributed by atoms with Gasteiger partial charge in [-0.2, -0.15) is 0 Å². The highest BCUT2D eigenvalue weighted by atomic mass is 35.5. The Labute approximate surface area is 115 Å². The maximum absolute atomic E-state index is 11.8. The van der Waals surface area contributed by atoms with Gasteiger partial charge in [0.05, 0.1) is 11.3 Å². The van der Waals surface area contributed by atoms with Crippen LogP contribution in [0.2, 0.25) is 5.02 Å². The van der Waals surface area contributed by atoms with Gasteiger partial charge in [0.1, 0.15) is 6.61 Å². The van der Waals surface area contributed by atoms with Gasteiger partial charge in [-0.3, -0.25) is 9.79 Å². The van der Waals surface area contributed by atoms with Crippen molar-refractivity contribution in [3.8, 4) is 0 Å². The third-order valence-corrected chi connectivity index (χ3v) is 2.89. The SMILES string of the molecule is CC(=O)C1=NC=C(COC(=O)c2cccc(Cl)c2)C1. The Morgan fingerprint density at radius 2 is 2.21 bits per heavy atom. The maximum Gasteiger partial charge on any atom is 0.338 e. The molecule has 5 heteroatoms. The van der Waals surface area contributed by atoms with Gasteiger partial charge in [0.25, 0.3) is 0 Å². The predicted octanol–water partition coefficient (Wildman–Crippen LogP) is 2.81. The molecule has 1 aromatic carbocycles. The minimum Gasteiger partial charge on any atom is -0.457 e. The molecule has 1 aliphatic rings. The van der Waals surface area contributed by atoms with Crippen molar-refractivity contribution < 1.29 is 14.3 Å². The third-order valence-electron chi connectivity index (χ3n) is 2.65. The lowest BCUT2D eigenvalue weighted by molar-refractivity contribution is -0.111. The Morgan fingerprint density at radius 1 is 1.42 bits per heavy atom. The number of Topliss-reactive ketones (excluding diaryl/α,β-unsaturated/α-hetero) is 1. The van der Waals surface area contributed by atoms with E-state index in [0.717, 1.165) is 5.57 Å². The van der Waals surface area contributed by atoms with Gasteiger partial charge in [0.2, 0.25) is 0 Å². The molecule has 0 spiro atoms. The van der Waals surface area contributed by atoms with E-state index in [-0.39, 0.29) is 12.4 Å². The fourth-order valence-electron chi connectivity index (χ4n) is 1.64. The number of hydrogen-bond donors (Lipinski definition) is 0. The number of benzene rings is 1.